The molecule has 21 heavy (non-hydrogen) atoms. The summed E-state index contributed by atoms with van der Waals surface area (Å²) in [6.45, 7) is 3.77. The topological polar surface area (TPSA) is 122 Å². The predicted octanol–water partition coefficient (Wildman–Crippen LogP) is 1.14. The molecule has 0 bridgehead atoms. The fraction of sp³-hybridized carbons (Fsp3) is 0.357. The van der Waals surface area contributed by atoms with Crippen LogP contribution in [0.25, 0.3) is 0 Å². The SMILES string of the molecule is Cc1ccc(NC(=O)N[C@@H](CCC(N)=O)C(=O)O)c(C)c1. The Labute approximate surface area is 122 Å². The van der Waals surface area contributed by atoms with Crippen LogP contribution in [0.15, 0.2) is 18.2 Å². The molecule has 0 radical (unpaired) electrons. The van der Waals surface area contributed by atoms with Crippen LogP contribution in [0.2, 0.25) is 0 Å². The molecule has 0 saturated heterocycles. The number of nitrogens with two attached hydrogens (primary N) is 1. The van der Waals surface area contributed by atoms with Crippen molar-refractivity contribution in [1.82, 2.24) is 5.32 Å². The Bertz CT molecular complexity index is 557. The van der Waals surface area contributed by atoms with Gasteiger partial charge in [-0.1, -0.05) is 17.7 Å². The summed E-state index contributed by atoms with van der Waals surface area (Å²) in [6, 6.07) is 3.67. The molecule has 0 unspecified atom stereocenters. The summed E-state index contributed by atoms with van der Waals surface area (Å²) in [5.41, 5.74) is 7.49. The van der Waals surface area contributed by atoms with Gasteiger partial charge in [-0.2, -0.15) is 0 Å². The van der Waals surface area contributed by atoms with E-state index in [1.807, 2.05) is 26.0 Å². The number of anilines is 1. The third-order valence-corrected chi connectivity index (χ3v) is 2.91. The molecule has 0 heterocycles. The van der Waals surface area contributed by atoms with Gasteiger partial charge in [0.1, 0.15) is 6.04 Å². The lowest BCUT2D eigenvalue weighted by Gasteiger charge is -2.15. The zero-order valence-corrected chi connectivity index (χ0v) is 12.0. The number of hydrogen-bond donors (Lipinski definition) is 4. The van der Waals surface area contributed by atoms with Crippen LogP contribution in [-0.4, -0.2) is 29.1 Å². The lowest BCUT2D eigenvalue weighted by molar-refractivity contribution is -0.139. The molecule has 0 spiro atoms. The first kappa shape index (κ1) is 16.5. The Morgan fingerprint density at radius 1 is 1.29 bits per heavy atom. The van der Waals surface area contributed by atoms with E-state index in [0.29, 0.717) is 5.69 Å². The summed E-state index contributed by atoms with van der Waals surface area (Å²) in [5.74, 6) is -1.83. The number of carboxylic acids is 1. The molecule has 114 valence electrons. The van der Waals surface area contributed by atoms with Crippen molar-refractivity contribution in [3.05, 3.63) is 29.3 Å². The number of rotatable bonds is 6. The summed E-state index contributed by atoms with van der Waals surface area (Å²) in [4.78, 5) is 33.5. The van der Waals surface area contributed by atoms with E-state index in [1.165, 1.54) is 0 Å². The van der Waals surface area contributed by atoms with Gasteiger partial charge in [0, 0.05) is 12.1 Å². The minimum absolute atomic E-state index is 0.0506. The lowest BCUT2D eigenvalue weighted by Crippen LogP contribution is -2.43. The molecule has 7 nitrogen and oxygen atoms in total. The maximum absolute atomic E-state index is 11.8. The minimum Gasteiger partial charge on any atom is -0.480 e. The highest BCUT2D eigenvalue weighted by Gasteiger charge is 2.20. The second-order valence-electron chi connectivity index (χ2n) is 4.81. The Kier molecular flexibility index (Phi) is 5.71. The van der Waals surface area contributed by atoms with Gasteiger partial charge in [-0.05, 0) is 31.9 Å². The highest BCUT2D eigenvalue weighted by atomic mass is 16.4. The lowest BCUT2D eigenvalue weighted by atomic mass is 10.1. The third-order valence-electron chi connectivity index (χ3n) is 2.91. The van der Waals surface area contributed by atoms with Crippen molar-refractivity contribution in [2.75, 3.05) is 5.32 Å². The minimum atomic E-state index is -1.22. The number of benzene rings is 1. The Hall–Kier alpha value is -2.57. The van der Waals surface area contributed by atoms with E-state index in [9.17, 15) is 14.4 Å². The van der Waals surface area contributed by atoms with Crippen molar-refractivity contribution >= 4 is 23.6 Å². The van der Waals surface area contributed by atoms with E-state index >= 15 is 0 Å². The molecule has 1 aromatic carbocycles. The van der Waals surface area contributed by atoms with E-state index in [0.717, 1.165) is 11.1 Å². The number of nitrogens with one attached hydrogen (secondary N) is 2. The fourth-order valence-corrected chi connectivity index (χ4v) is 1.81. The number of carbonyl (C=O) groups excluding carboxylic acids is 2. The van der Waals surface area contributed by atoms with Gasteiger partial charge < -0.3 is 21.5 Å². The smallest absolute Gasteiger partial charge is 0.326 e. The van der Waals surface area contributed by atoms with Crippen LogP contribution < -0.4 is 16.4 Å². The number of aryl methyl sites for hydroxylation is 2. The average Bonchev–Trinajstić information content (AvgIpc) is 2.37. The standard InChI is InChI=1S/C14H19N3O4/c1-8-3-4-10(9(2)7-8)16-14(21)17-11(13(19)20)5-6-12(15)18/h3-4,7,11H,5-6H2,1-2H3,(H2,15,18)(H,19,20)(H2,16,17,21)/t11-/m0/s1. The maximum Gasteiger partial charge on any atom is 0.326 e. The van der Waals surface area contributed by atoms with Crippen LogP contribution in [-0.2, 0) is 9.59 Å². The van der Waals surface area contributed by atoms with Crippen molar-refractivity contribution in [1.29, 1.82) is 0 Å². The monoisotopic (exact) mass is 293 g/mol. The van der Waals surface area contributed by atoms with E-state index in [2.05, 4.69) is 10.6 Å². The van der Waals surface area contributed by atoms with Gasteiger partial charge >= 0.3 is 12.0 Å². The number of hydrogen-bond acceptors (Lipinski definition) is 3. The van der Waals surface area contributed by atoms with E-state index in [1.54, 1.807) is 6.07 Å². The summed E-state index contributed by atoms with van der Waals surface area (Å²) in [7, 11) is 0. The second kappa shape index (κ2) is 7.28. The van der Waals surface area contributed by atoms with E-state index < -0.39 is 23.9 Å². The highest BCUT2D eigenvalue weighted by molar-refractivity contribution is 5.93. The summed E-state index contributed by atoms with van der Waals surface area (Å²) >= 11 is 0. The van der Waals surface area contributed by atoms with Gasteiger partial charge in [-0.25, -0.2) is 9.59 Å². The highest BCUT2D eigenvalue weighted by Crippen LogP contribution is 2.15. The molecule has 0 aliphatic carbocycles. The number of carbonyl (C=O) groups is 3. The average molecular weight is 293 g/mol. The molecule has 1 rings (SSSR count). The summed E-state index contributed by atoms with van der Waals surface area (Å²) in [6.07, 6.45) is -0.161. The van der Waals surface area contributed by atoms with Crippen LogP contribution in [0.4, 0.5) is 10.5 Å². The van der Waals surface area contributed by atoms with Crippen LogP contribution in [0, 0.1) is 13.8 Å². The molecular formula is C14H19N3O4. The fourth-order valence-electron chi connectivity index (χ4n) is 1.81. The molecular weight excluding hydrogens is 274 g/mol. The number of urea groups is 1. The second-order valence-corrected chi connectivity index (χ2v) is 4.81. The number of amides is 3. The van der Waals surface area contributed by atoms with Crippen LogP contribution in [0.1, 0.15) is 24.0 Å². The summed E-state index contributed by atoms with van der Waals surface area (Å²) in [5, 5.41) is 13.9. The largest absolute Gasteiger partial charge is 0.480 e. The van der Waals surface area contributed by atoms with Gasteiger partial charge in [0.05, 0.1) is 0 Å². The van der Waals surface area contributed by atoms with Crippen molar-refractivity contribution in [2.24, 2.45) is 5.73 Å². The first-order valence-corrected chi connectivity index (χ1v) is 6.45. The van der Waals surface area contributed by atoms with Gasteiger partial charge in [-0.3, -0.25) is 4.79 Å². The molecule has 0 aromatic heterocycles. The van der Waals surface area contributed by atoms with Gasteiger partial charge in [0.15, 0.2) is 0 Å². The van der Waals surface area contributed by atoms with E-state index in [4.69, 9.17) is 10.8 Å². The predicted molar refractivity (Wildman–Crippen MR) is 77.9 cm³/mol. The molecule has 3 amide bonds. The first-order chi connectivity index (χ1) is 9.79. The van der Waals surface area contributed by atoms with Crippen molar-refractivity contribution in [2.45, 2.75) is 32.7 Å². The van der Waals surface area contributed by atoms with Gasteiger partial charge in [0.2, 0.25) is 5.91 Å². The van der Waals surface area contributed by atoms with Gasteiger partial charge in [-0.15, -0.1) is 0 Å². The Morgan fingerprint density at radius 3 is 2.48 bits per heavy atom. The Morgan fingerprint density at radius 2 is 1.95 bits per heavy atom. The van der Waals surface area contributed by atoms with Crippen molar-refractivity contribution < 1.29 is 19.5 Å². The van der Waals surface area contributed by atoms with Crippen molar-refractivity contribution in [3.8, 4) is 0 Å². The maximum atomic E-state index is 11.8. The zero-order chi connectivity index (χ0) is 16.0. The zero-order valence-electron chi connectivity index (χ0n) is 12.0. The molecule has 7 heteroatoms. The summed E-state index contributed by atoms with van der Waals surface area (Å²) < 4.78 is 0. The molecule has 0 fully saturated rings. The molecule has 1 aromatic rings. The van der Waals surface area contributed by atoms with Crippen LogP contribution in [0.5, 0.6) is 0 Å². The molecule has 0 saturated carbocycles. The Balaban J connectivity index is 2.65. The molecule has 1 atom stereocenters. The van der Waals surface area contributed by atoms with E-state index in [-0.39, 0.29) is 12.8 Å². The van der Waals surface area contributed by atoms with Crippen LogP contribution in [0.3, 0.4) is 0 Å². The van der Waals surface area contributed by atoms with Crippen LogP contribution >= 0.6 is 0 Å². The molecule has 5 N–H and O–H groups in total. The number of aliphatic carboxylic acids is 1. The van der Waals surface area contributed by atoms with Gasteiger partial charge in [0.25, 0.3) is 0 Å². The number of primary amides is 1. The number of carboxylic acid groups (broad SMARTS) is 1. The normalized spacial score (nSPS) is 11.5. The quantitative estimate of drug-likeness (QED) is 0.628. The third kappa shape index (κ3) is 5.52. The first-order valence-electron chi connectivity index (χ1n) is 6.45. The molecule has 0 aliphatic heterocycles. The molecule has 0 aliphatic rings. The van der Waals surface area contributed by atoms with Crippen molar-refractivity contribution in [3.63, 3.8) is 0 Å².